The SMILES string of the molecule is CCN(CC(Cl)=CCl)CC(C)(C)O. The quantitative estimate of drug-likeness (QED) is 0.778. The van der Waals surface area contributed by atoms with Gasteiger partial charge < -0.3 is 5.11 Å². The molecule has 0 rings (SSSR count). The highest BCUT2D eigenvalue weighted by atomic mass is 35.5. The first-order valence-corrected chi connectivity index (χ1v) is 5.10. The van der Waals surface area contributed by atoms with Crippen molar-refractivity contribution < 1.29 is 5.11 Å². The minimum Gasteiger partial charge on any atom is -0.389 e. The van der Waals surface area contributed by atoms with Crippen LogP contribution in [0.1, 0.15) is 20.8 Å². The highest BCUT2D eigenvalue weighted by molar-refractivity contribution is 6.36. The third-order valence-electron chi connectivity index (χ3n) is 1.55. The lowest BCUT2D eigenvalue weighted by atomic mass is 10.1. The molecule has 78 valence electrons. The van der Waals surface area contributed by atoms with Crippen molar-refractivity contribution in [1.29, 1.82) is 0 Å². The topological polar surface area (TPSA) is 23.5 Å². The van der Waals surface area contributed by atoms with Gasteiger partial charge in [0.15, 0.2) is 0 Å². The van der Waals surface area contributed by atoms with Crippen LogP contribution >= 0.6 is 23.2 Å². The molecule has 0 aliphatic heterocycles. The maximum Gasteiger partial charge on any atom is 0.0718 e. The van der Waals surface area contributed by atoms with E-state index in [-0.39, 0.29) is 0 Å². The van der Waals surface area contributed by atoms with Crippen LogP contribution in [0.2, 0.25) is 0 Å². The van der Waals surface area contributed by atoms with Gasteiger partial charge in [0.25, 0.3) is 0 Å². The third-order valence-corrected chi connectivity index (χ3v) is 2.15. The van der Waals surface area contributed by atoms with Crippen LogP contribution in [0.5, 0.6) is 0 Å². The monoisotopic (exact) mass is 225 g/mol. The normalized spacial score (nSPS) is 13.9. The molecule has 0 aliphatic rings. The molecular formula is C9H17Cl2NO. The lowest BCUT2D eigenvalue weighted by Crippen LogP contribution is -2.39. The van der Waals surface area contributed by atoms with Gasteiger partial charge in [0.2, 0.25) is 0 Å². The molecule has 1 N–H and O–H groups in total. The van der Waals surface area contributed by atoms with Gasteiger partial charge in [-0.15, -0.1) is 0 Å². The molecule has 0 spiro atoms. The van der Waals surface area contributed by atoms with Crippen molar-refractivity contribution in [2.24, 2.45) is 0 Å². The van der Waals surface area contributed by atoms with E-state index in [1.165, 1.54) is 5.54 Å². The molecule has 0 amide bonds. The lowest BCUT2D eigenvalue weighted by molar-refractivity contribution is 0.0413. The maximum absolute atomic E-state index is 9.57. The summed E-state index contributed by atoms with van der Waals surface area (Å²) in [6.07, 6.45) is 0. The Hall–Kier alpha value is 0.240. The smallest absolute Gasteiger partial charge is 0.0718 e. The summed E-state index contributed by atoms with van der Waals surface area (Å²) in [6.45, 7) is 7.58. The van der Waals surface area contributed by atoms with Crippen LogP contribution in [-0.2, 0) is 0 Å². The molecule has 0 aromatic heterocycles. The highest BCUT2D eigenvalue weighted by Crippen LogP contribution is 2.10. The zero-order valence-electron chi connectivity index (χ0n) is 8.35. The molecule has 0 bridgehead atoms. The first kappa shape index (κ1) is 13.2. The molecule has 0 fully saturated rings. The second kappa shape index (κ2) is 5.86. The Morgan fingerprint density at radius 1 is 1.54 bits per heavy atom. The number of hydrogen-bond acceptors (Lipinski definition) is 2. The fourth-order valence-electron chi connectivity index (χ4n) is 1.07. The molecule has 0 atom stereocenters. The average Bonchev–Trinajstić information content (AvgIpc) is 2.00. The van der Waals surface area contributed by atoms with Gasteiger partial charge in [-0.1, -0.05) is 30.1 Å². The molecule has 0 aromatic rings. The van der Waals surface area contributed by atoms with Gasteiger partial charge in [0, 0.05) is 23.7 Å². The summed E-state index contributed by atoms with van der Waals surface area (Å²) in [6, 6.07) is 0. The van der Waals surface area contributed by atoms with Crippen LogP contribution in [0.4, 0.5) is 0 Å². The predicted octanol–water partition coefficient (Wildman–Crippen LogP) is 2.40. The van der Waals surface area contributed by atoms with Gasteiger partial charge in [-0.2, -0.15) is 0 Å². The first-order chi connectivity index (χ1) is 5.89. The number of rotatable bonds is 5. The molecular weight excluding hydrogens is 209 g/mol. The third kappa shape index (κ3) is 7.32. The Kier molecular flexibility index (Phi) is 5.97. The zero-order chi connectivity index (χ0) is 10.5. The molecule has 0 saturated heterocycles. The van der Waals surface area contributed by atoms with E-state index < -0.39 is 5.60 Å². The average molecular weight is 226 g/mol. The minimum atomic E-state index is -0.695. The molecule has 0 saturated carbocycles. The Morgan fingerprint density at radius 3 is 2.38 bits per heavy atom. The molecule has 2 nitrogen and oxygen atoms in total. The van der Waals surface area contributed by atoms with E-state index in [2.05, 4.69) is 0 Å². The summed E-state index contributed by atoms with van der Waals surface area (Å²) < 4.78 is 0. The van der Waals surface area contributed by atoms with Gasteiger partial charge >= 0.3 is 0 Å². The number of likely N-dealkylation sites (N-methyl/N-ethyl adjacent to an activating group) is 1. The van der Waals surface area contributed by atoms with Gasteiger partial charge in [-0.25, -0.2) is 0 Å². The summed E-state index contributed by atoms with van der Waals surface area (Å²) in [5.74, 6) is 0. The Balaban J connectivity index is 4.05. The Bertz CT molecular complexity index is 175. The fraction of sp³-hybridized carbons (Fsp3) is 0.778. The van der Waals surface area contributed by atoms with Gasteiger partial charge in [0.1, 0.15) is 0 Å². The van der Waals surface area contributed by atoms with Crippen LogP contribution in [0.3, 0.4) is 0 Å². The van der Waals surface area contributed by atoms with Crippen LogP contribution in [-0.4, -0.2) is 35.2 Å². The lowest BCUT2D eigenvalue weighted by Gasteiger charge is -2.27. The van der Waals surface area contributed by atoms with Crippen LogP contribution in [0.25, 0.3) is 0 Å². The summed E-state index contributed by atoms with van der Waals surface area (Å²) in [5.41, 5.74) is 0.661. The Labute approximate surface area is 90.1 Å². The number of halogens is 2. The summed E-state index contributed by atoms with van der Waals surface area (Å²) in [4.78, 5) is 2.03. The van der Waals surface area contributed by atoms with Crippen LogP contribution < -0.4 is 0 Å². The summed E-state index contributed by atoms with van der Waals surface area (Å²) in [7, 11) is 0. The molecule has 4 heteroatoms. The van der Waals surface area contributed by atoms with E-state index in [9.17, 15) is 5.11 Å². The van der Waals surface area contributed by atoms with Crippen molar-refractivity contribution in [1.82, 2.24) is 4.90 Å². The van der Waals surface area contributed by atoms with Crippen LogP contribution in [0, 0.1) is 0 Å². The van der Waals surface area contributed by atoms with Gasteiger partial charge in [-0.3, -0.25) is 4.90 Å². The van der Waals surface area contributed by atoms with Crippen LogP contribution in [0.15, 0.2) is 10.6 Å². The van der Waals surface area contributed by atoms with Crippen molar-refractivity contribution in [3.05, 3.63) is 10.6 Å². The van der Waals surface area contributed by atoms with Crippen molar-refractivity contribution in [3.8, 4) is 0 Å². The van der Waals surface area contributed by atoms with E-state index >= 15 is 0 Å². The van der Waals surface area contributed by atoms with Crippen molar-refractivity contribution in [2.75, 3.05) is 19.6 Å². The van der Waals surface area contributed by atoms with Gasteiger partial charge in [0.05, 0.1) is 5.60 Å². The molecule has 0 aliphatic carbocycles. The van der Waals surface area contributed by atoms with E-state index in [4.69, 9.17) is 23.2 Å². The number of aliphatic hydroxyl groups is 1. The van der Waals surface area contributed by atoms with E-state index in [1.54, 1.807) is 13.8 Å². The second-order valence-corrected chi connectivity index (χ2v) is 4.38. The number of nitrogens with zero attached hydrogens (tertiary/aromatic N) is 1. The Morgan fingerprint density at radius 2 is 2.08 bits per heavy atom. The van der Waals surface area contributed by atoms with E-state index in [1.807, 2.05) is 11.8 Å². The zero-order valence-corrected chi connectivity index (χ0v) is 9.86. The molecule has 0 radical (unpaired) electrons. The molecule has 0 unspecified atom stereocenters. The second-order valence-electron chi connectivity index (χ2n) is 3.67. The van der Waals surface area contributed by atoms with E-state index in [0.29, 0.717) is 18.1 Å². The minimum absolute atomic E-state index is 0.588. The molecule has 13 heavy (non-hydrogen) atoms. The van der Waals surface area contributed by atoms with Crippen molar-refractivity contribution in [3.63, 3.8) is 0 Å². The number of hydrogen-bond donors (Lipinski definition) is 1. The predicted molar refractivity (Wildman–Crippen MR) is 58.2 cm³/mol. The fourth-order valence-corrected chi connectivity index (χ4v) is 1.31. The summed E-state index contributed by atoms with van der Waals surface area (Å²) >= 11 is 11.2. The van der Waals surface area contributed by atoms with Gasteiger partial charge in [-0.05, 0) is 20.4 Å². The largest absolute Gasteiger partial charge is 0.389 e. The molecule has 0 heterocycles. The first-order valence-electron chi connectivity index (χ1n) is 4.28. The standard InChI is InChI=1S/C9H17Cl2NO/c1-4-12(6-8(11)5-10)7-9(2,3)13/h5,13H,4,6-7H2,1-3H3. The highest BCUT2D eigenvalue weighted by Gasteiger charge is 2.17. The van der Waals surface area contributed by atoms with Crippen molar-refractivity contribution >= 4 is 23.2 Å². The van der Waals surface area contributed by atoms with Crippen molar-refractivity contribution in [2.45, 2.75) is 26.4 Å². The molecule has 0 aromatic carbocycles. The van der Waals surface area contributed by atoms with E-state index in [0.717, 1.165) is 6.54 Å². The summed E-state index contributed by atoms with van der Waals surface area (Å²) in [5, 5.41) is 10.2. The maximum atomic E-state index is 9.57.